The number of amides is 4. The molecule has 2 heterocycles. The number of hydrazine groups is 1. The normalized spacial score (nSPS) is 10.8. The smallest absolute Gasteiger partial charge is 0.278 e. The van der Waals surface area contributed by atoms with Gasteiger partial charge in [-0.15, -0.1) is 0 Å². The molecule has 0 spiro atoms. The number of nitrogens with zero attached hydrogens (tertiary/aromatic N) is 3. The largest absolute Gasteiger partial charge is 0.666 e. The van der Waals surface area contributed by atoms with E-state index in [9.17, 15) is 19.2 Å². The van der Waals surface area contributed by atoms with Crippen molar-refractivity contribution in [2.45, 2.75) is 33.5 Å². The number of benzene rings is 4. The summed E-state index contributed by atoms with van der Waals surface area (Å²) in [7, 11) is 1.34. The third-order valence-corrected chi connectivity index (χ3v) is 8.13. The molecule has 0 aliphatic carbocycles. The second-order valence-corrected chi connectivity index (χ2v) is 12.3. The number of imidazole rings is 2. The Morgan fingerprint density at radius 1 is 0.804 bits per heavy atom. The summed E-state index contributed by atoms with van der Waals surface area (Å²) in [6.07, 6.45) is 0.906. The van der Waals surface area contributed by atoms with Crippen LogP contribution in [0.4, 0.5) is 5.69 Å². The van der Waals surface area contributed by atoms with E-state index in [0.717, 1.165) is 61.3 Å². The Morgan fingerprint density at radius 3 is 1.98 bits per heavy atom. The summed E-state index contributed by atoms with van der Waals surface area (Å²) in [6, 6.07) is 27.7. The second kappa shape index (κ2) is 19.9. The van der Waals surface area contributed by atoms with E-state index in [4.69, 9.17) is 27.3 Å². The van der Waals surface area contributed by atoms with Gasteiger partial charge in [-0.25, -0.2) is 9.97 Å². The van der Waals surface area contributed by atoms with Crippen molar-refractivity contribution in [2.75, 3.05) is 18.4 Å². The van der Waals surface area contributed by atoms with Gasteiger partial charge < -0.3 is 47.1 Å². The van der Waals surface area contributed by atoms with Crippen LogP contribution in [0.2, 0.25) is 6.32 Å². The molecule has 0 atom stereocenters. The predicted molar refractivity (Wildman–Crippen MR) is 216 cm³/mol. The Labute approximate surface area is 338 Å². The summed E-state index contributed by atoms with van der Waals surface area (Å²) >= 11 is 0. The molecule has 0 fully saturated rings. The van der Waals surface area contributed by atoms with Crippen molar-refractivity contribution in [1.29, 1.82) is 0 Å². The Bertz CT molecular complexity index is 2380. The van der Waals surface area contributed by atoms with E-state index in [1.165, 1.54) is 13.0 Å². The van der Waals surface area contributed by atoms with Gasteiger partial charge in [0.05, 0.1) is 34.5 Å². The van der Waals surface area contributed by atoms with Crippen LogP contribution in [0.3, 0.4) is 0 Å². The third-order valence-electron chi connectivity index (χ3n) is 8.13. The van der Waals surface area contributed by atoms with E-state index in [-0.39, 0.29) is 52.0 Å². The number of nitrogens with one attached hydrogen (secondary N) is 6. The number of H-pyrrole nitrogens is 2. The van der Waals surface area contributed by atoms with Crippen LogP contribution >= 0.6 is 0 Å². The number of hydrogen-bond acceptors (Lipinski definition) is 9. The van der Waals surface area contributed by atoms with Gasteiger partial charge in [-0.2, -0.15) is 0 Å². The van der Waals surface area contributed by atoms with E-state index in [1.807, 2.05) is 62.4 Å². The number of nitrogens with two attached hydrogens (primary N) is 2. The first-order valence-electron chi connectivity index (χ1n) is 17.6. The van der Waals surface area contributed by atoms with Gasteiger partial charge in [-0.3, -0.25) is 20.2 Å². The number of hydrogen-bond donors (Lipinski definition) is 7. The SMILES string of the molecule is CC.Cc1cccc(-c2nc3ccc(-c4ccc5nc(-c6cccc(NC(=O)C[B]N(N)/C=C(\N)C(=O)NCCC(=O)NCC([NH-])=O)c6)[nH]c5c4)cc3[nH]2)c1.[W]. The Morgan fingerprint density at radius 2 is 1.39 bits per heavy atom. The molecule has 2 aromatic heterocycles. The number of fused-ring (bicyclic) bond motifs is 2. The van der Waals surface area contributed by atoms with Crippen LogP contribution in [-0.4, -0.2) is 69.0 Å². The van der Waals surface area contributed by atoms with Crippen molar-refractivity contribution in [1.82, 2.24) is 35.5 Å². The van der Waals surface area contributed by atoms with Gasteiger partial charge in [0.15, 0.2) is 0 Å². The van der Waals surface area contributed by atoms with Gasteiger partial charge in [0.2, 0.25) is 11.8 Å². The monoisotopic (exact) mass is 923 g/mol. The van der Waals surface area contributed by atoms with Crippen LogP contribution in [0.15, 0.2) is 96.8 Å². The molecular weight excluding hydrogens is 881 g/mol. The maximum absolute atomic E-state index is 12.7. The van der Waals surface area contributed by atoms with Crippen molar-refractivity contribution in [3.8, 4) is 33.9 Å². The number of carbonyl (C=O) groups is 4. The third kappa shape index (κ3) is 11.4. The Hall–Kier alpha value is -6.25. The van der Waals surface area contributed by atoms with Crippen molar-refractivity contribution in [2.24, 2.45) is 11.6 Å². The maximum Gasteiger partial charge on any atom is 0.278 e. The van der Waals surface area contributed by atoms with Gasteiger partial charge in [-0.05, 0) is 60.5 Å². The first-order valence-corrected chi connectivity index (χ1v) is 17.6. The zero-order chi connectivity index (χ0) is 39.5. The number of aromatic amines is 2. The van der Waals surface area contributed by atoms with Gasteiger partial charge in [0.1, 0.15) is 17.3 Å². The summed E-state index contributed by atoms with van der Waals surface area (Å²) in [5, 5.41) is 7.51. The zero-order valence-electron chi connectivity index (χ0n) is 31.1. The fourth-order valence-electron chi connectivity index (χ4n) is 5.52. The fraction of sp³-hybridized carbons (Fsp3) is 0.179. The quantitative estimate of drug-likeness (QED) is 0.0339. The zero-order valence-corrected chi connectivity index (χ0v) is 34.0. The van der Waals surface area contributed by atoms with Crippen molar-refractivity contribution in [3.63, 3.8) is 0 Å². The number of rotatable bonds is 14. The van der Waals surface area contributed by atoms with Crippen LogP contribution < -0.4 is 27.5 Å². The molecule has 0 saturated carbocycles. The molecular formula is C39H42BN11O4W-. The molecule has 287 valence electrons. The average Bonchev–Trinajstić information content (AvgIpc) is 3.81. The topological polar surface area (TPSA) is 241 Å². The van der Waals surface area contributed by atoms with E-state index < -0.39 is 24.3 Å². The average molecular weight is 923 g/mol. The Balaban J connectivity index is 0.00000228. The molecule has 0 unspecified atom stereocenters. The molecule has 15 nitrogen and oxygen atoms in total. The predicted octanol–water partition coefficient (Wildman–Crippen LogP) is 4.93. The molecule has 56 heavy (non-hydrogen) atoms. The van der Waals surface area contributed by atoms with Crippen molar-refractivity contribution in [3.05, 3.63) is 108 Å². The molecule has 17 heteroatoms. The minimum absolute atomic E-state index is 0. The van der Waals surface area contributed by atoms with Crippen LogP contribution in [0, 0.1) is 6.92 Å². The van der Waals surface area contributed by atoms with Gasteiger partial charge >= 0.3 is 0 Å². The van der Waals surface area contributed by atoms with Crippen LogP contribution in [0.1, 0.15) is 25.8 Å². The van der Waals surface area contributed by atoms with Crippen LogP contribution in [0.5, 0.6) is 0 Å². The first kappa shape index (κ1) is 42.5. The van der Waals surface area contributed by atoms with Gasteiger partial charge in [-0.1, -0.05) is 61.9 Å². The fourth-order valence-corrected chi connectivity index (χ4v) is 5.52. The van der Waals surface area contributed by atoms with Crippen molar-refractivity contribution >= 4 is 58.8 Å². The minimum atomic E-state index is -0.928. The molecule has 0 bridgehead atoms. The Kier molecular flexibility index (Phi) is 15.1. The van der Waals surface area contributed by atoms with Gasteiger partial charge in [0, 0.05) is 63.4 Å². The molecule has 4 aromatic carbocycles. The first-order chi connectivity index (χ1) is 26.5. The molecule has 1 radical (unpaired) electrons. The van der Waals surface area contributed by atoms with Crippen molar-refractivity contribution < 1.29 is 40.2 Å². The summed E-state index contributed by atoms with van der Waals surface area (Å²) in [5.74, 6) is 4.87. The summed E-state index contributed by atoms with van der Waals surface area (Å²) in [5.41, 5.74) is 21.4. The molecule has 6 aromatic rings. The van der Waals surface area contributed by atoms with E-state index in [2.05, 4.69) is 63.2 Å². The molecule has 0 aliphatic rings. The van der Waals surface area contributed by atoms with E-state index in [0.29, 0.717) is 11.5 Å². The number of anilines is 1. The summed E-state index contributed by atoms with van der Waals surface area (Å²) in [4.78, 5) is 64.5. The minimum Gasteiger partial charge on any atom is -0.666 e. The number of carbonyl (C=O) groups excluding carboxylic acids is 4. The van der Waals surface area contributed by atoms with E-state index >= 15 is 0 Å². The molecule has 0 aliphatic heterocycles. The maximum atomic E-state index is 12.7. The van der Waals surface area contributed by atoms with E-state index in [1.54, 1.807) is 6.07 Å². The molecule has 6 rings (SSSR count). The second-order valence-electron chi connectivity index (χ2n) is 12.3. The summed E-state index contributed by atoms with van der Waals surface area (Å²) in [6.45, 7) is 5.61. The number of aryl methyl sites for hydroxylation is 1. The molecule has 10 N–H and O–H groups in total. The summed E-state index contributed by atoms with van der Waals surface area (Å²) < 4.78 is 0. The number of aromatic nitrogens is 4. The standard InChI is InChI=1S/C37H37BN11O4.C2H6.W/c1-21-4-2-5-24(14-21)35-45-28-10-8-22(16-30(28)47-35)23-9-11-29-31(17-23)48-36(46-29)25-6-3-7-26(15-25)44-34(52)18-38-49(41)20-27(39)37(53)42-13-12-33(51)43-19-32(40)50;1-2;/h2-11,14-17,20H,12-13,18-19,39,41H2,1H3,(H7,40,42,43,44,45,46,47,48,50,51,52,53);1-2H3;/p-1/b27-20-;;. The van der Waals surface area contributed by atoms with Gasteiger partial charge in [0.25, 0.3) is 13.3 Å². The van der Waals surface area contributed by atoms with Crippen LogP contribution in [-0.2, 0) is 40.2 Å². The van der Waals surface area contributed by atoms with Crippen LogP contribution in [0.25, 0.3) is 61.7 Å². The molecule has 0 saturated heterocycles. The molecule has 4 amide bonds.